The lowest BCUT2D eigenvalue weighted by Crippen LogP contribution is -2.42. The van der Waals surface area contributed by atoms with Crippen LogP contribution in [0.3, 0.4) is 0 Å². The number of carbonyl (C=O) groups excluding carboxylic acids is 1. The van der Waals surface area contributed by atoms with Gasteiger partial charge in [-0.05, 0) is 42.2 Å². The van der Waals surface area contributed by atoms with E-state index in [9.17, 15) is 4.79 Å². The summed E-state index contributed by atoms with van der Waals surface area (Å²) < 4.78 is 0. The first kappa shape index (κ1) is 16.6. The van der Waals surface area contributed by atoms with Crippen molar-refractivity contribution in [2.45, 2.75) is 18.9 Å². The lowest BCUT2D eigenvalue weighted by Gasteiger charge is -2.12. The highest BCUT2D eigenvalue weighted by Gasteiger charge is 2.15. The fourth-order valence-corrected chi connectivity index (χ4v) is 3.00. The van der Waals surface area contributed by atoms with E-state index in [1.165, 1.54) is 0 Å². The highest BCUT2D eigenvalue weighted by molar-refractivity contribution is 6.30. The molecule has 0 radical (unpaired) electrons. The van der Waals surface area contributed by atoms with Gasteiger partial charge in [0.25, 0.3) is 0 Å². The molecule has 4 N–H and O–H groups in total. The van der Waals surface area contributed by atoms with Crippen LogP contribution in [0.1, 0.15) is 11.1 Å². The number of nitrogens with two attached hydrogens (primary N) is 1. The minimum absolute atomic E-state index is 0.137. The molecule has 1 heterocycles. The summed E-state index contributed by atoms with van der Waals surface area (Å²) in [7, 11) is 0. The second-order valence-corrected chi connectivity index (χ2v) is 6.28. The molecule has 0 saturated carbocycles. The Labute approximate surface area is 146 Å². The first-order valence-electron chi connectivity index (χ1n) is 7.96. The number of aromatic amines is 1. The number of rotatable bonds is 6. The van der Waals surface area contributed by atoms with Gasteiger partial charge in [0.05, 0.1) is 6.04 Å². The number of aromatic nitrogens is 1. The number of hydrogen-bond acceptors (Lipinski definition) is 2. The third-order valence-corrected chi connectivity index (χ3v) is 4.29. The van der Waals surface area contributed by atoms with E-state index < -0.39 is 6.04 Å². The van der Waals surface area contributed by atoms with Crippen LogP contribution in [0.2, 0.25) is 5.02 Å². The lowest BCUT2D eigenvalue weighted by atomic mass is 10.0. The summed E-state index contributed by atoms with van der Waals surface area (Å²) in [5.74, 6) is -0.137. The van der Waals surface area contributed by atoms with Crippen LogP contribution < -0.4 is 11.1 Å². The molecular weight excluding hydrogens is 322 g/mol. The monoisotopic (exact) mass is 341 g/mol. The SMILES string of the molecule is N[C@@H](Cc1c[nH]c2ccccc12)C(=O)NCCc1cccc(Cl)c1. The zero-order valence-corrected chi connectivity index (χ0v) is 14.0. The maximum Gasteiger partial charge on any atom is 0.237 e. The van der Waals surface area contributed by atoms with Gasteiger partial charge >= 0.3 is 0 Å². The molecule has 24 heavy (non-hydrogen) atoms. The predicted molar refractivity (Wildman–Crippen MR) is 98.1 cm³/mol. The van der Waals surface area contributed by atoms with Gasteiger partial charge in [-0.3, -0.25) is 4.79 Å². The average molecular weight is 342 g/mol. The average Bonchev–Trinajstić information content (AvgIpc) is 2.98. The summed E-state index contributed by atoms with van der Waals surface area (Å²) in [6.45, 7) is 0.542. The number of nitrogens with one attached hydrogen (secondary N) is 2. The molecule has 3 aromatic rings. The highest BCUT2D eigenvalue weighted by atomic mass is 35.5. The van der Waals surface area contributed by atoms with E-state index in [4.69, 9.17) is 17.3 Å². The van der Waals surface area contributed by atoms with Crippen molar-refractivity contribution in [3.8, 4) is 0 Å². The second kappa shape index (κ2) is 7.51. The molecule has 0 aliphatic carbocycles. The van der Waals surface area contributed by atoms with Crippen LogP contribution in [-0.4, -0.2) is 23.5 Å². The summed E-state index contributed by atoms with van der Waals surface area (Å²) in [5.41, 5.74) is 9.26. The maximum atomic E-state index is 12.2. The number of benzene rings is 2. The maximum absolute atomic E-state index is 12.2. The molecule has 3 rings (SSSR count). The Morgan fingerprint density at radius 2 is 2.04 bits per heavy atom. The van der Waals surface area contributed by atoms with E-state index in [1.807, 2.05) is 54.7 Å². The van der Waals surface area contributed by atoms with E-state index in [0.717, 1.165) is 28.5 Å². The number of hydrogen-bond donors (Lipinski definition) is 3. The van der Waals surface area contributed by atoms with E-state index in [2.05, 4.69) is 10.3 Å². The largest absolute Gasteiger partial charge is 0.361 e. The van der Waals surface area contributed by atoms with Crippen molar-refractivity contribution in [3.05, 3.63) is 70.9 Å². The van der Waals surface area contributed by atoms with Crippen molar-refractivity contribution in [2.24, 2.45) is 5.73 Å². The minimum atomic E-state index is -0.566. The van der Waals surface area contributed by atoms with Gasteiger partial charge in [-0.25, -0.2) is 0 Å². The summed E-state index contributed by atoms with van der Waals surface area (Å²) in [6.07, 6.45) is 3.16. The minimum Gasteiger partial charge on any atom is -0.361 e. The molecule has 0 unspecified atom stereocenters. The Morgan fingerprint density at radius 3 is 2.88 bits per heavy atom. The van der Waals surface area contributed by atoms with Crippen molar-refractivity contribution in [2.75, 3.05) is 6.54 Å². The van der Waals surface area contributed by atoms with Gasteiger partial charge in [0.2, 0.25) is 5.91 Å². The first-order valence-corrected chi connectivity index (χ1v) is 8.34. The van der Waals surface area contributed by atoms with Gasteiger partial charge in [-0.2, -0.15) is 0 Å². The Balaban J connectivity index is 1.53. The molecule has 0 aliphatic heterocycles. The molecule has 0 saturated heterocycles. The van der Waals surface area contributed by atoms with Crippen LogP contribution >= 0.6 is 11.6 Å². The standard InChI is InChI=1S/C19H20ClN3O/c20-15-5-3-4-13(10-15)8-9-22-19(24)17(21)11-14-12-23-18-7-2-1-6-16(14)18/h1-7,10,12,17,23H,8-9,11,21H2,(H,22,24)/t17-/m0/s1. The Morgan fingerprint density at radius 1 is 1.21 bits per heavy atom. The molecule has 0 fully saturated rings. The van der Waals surface area contributed by atoms with Crippen molar-refractivity contribution >= 4 is 28.4 Å². The topological polar surface area (TPSA) is 70.9 Å². The summed E-state index contributed by atoms with van der Waals surface area (Å²) in [5, 5.41) is 4.71. The van der Waals surface area contributed by atoms with E-state index in [1.54, 1.807) is 0 Å². The third-order valence-electron chi connectivity index (χ3n) is 4.05. The third kappa shape index (κ3) is 3.96. The Bertz CT molecular complexity index is 843. The summed E-state index contributed by atoms with van der Waals surface area (Å²) in [4.78, 5) is 15.4. The molecule has 1 atom stereocenters. The van der Waals surface area contributed by atoms with Gasteiger partial charge in [-0.1, -0.05) is 41.9 Å². The van der Waals surface area contributed by atoms with Crippen molar-refractivity contribution in [1.82, 2.24) is 10.3 Å². The Hall–Kier alpha value is -2.30. The number of para-hydroxylation sites is 1. The molecule has 2 aromatic carbocycles. The molecule has 0 spiro atoms. The van der Waals surface area contributed by atoms with Gasteiger partial charge in [0, 0.05) is 28.7 Å². The van der Waals surface area contributed by atoms with Crippen LogP contribution in [0.15, 0.2) is 54.7 Å². The smallest absolute Gasteiger partial charge is 0.237 e. The number of halogens is 1. The van der Waals surface area contributed by atoms with E-state index in [-0.39, 0.29) is 5.91 Å². The van der Waals surface area contributed by atoms with Crippen LogP contribution in [0.5, 0.6) is 0 Å². The van der Waals surface area contributed by atoms with E-state index in [0.29, 0.717) is 18.0 Å². The molecular formula is C19H20ClN3O. The van der Waals surface area contributed by atoms with Crippen LogP contribution in [0, 0.1) is 0 Å². The number of H-pyrrole nitrogens is 1. The fourth-order valence-electron chi connectivity index (χ4n) is 2.78. The van der Waals surface area contributed by atoms with Gasteiger partial charge in [-0.15, -0.1) is 0 Å². The molecule has 4 nitrogen and oxygen atoms in total. The van der Waals surface area contributed by atoms with E-state index >= 15 is 0 Å². The van der Waals surface area contributed by atoms with Gasteiger partial charge in [0.15, 0.2) is 0 Å². The highest BCUT2D eigenvalue weighted by Crippen LogP contribution is 2.18. The van der Waals surface area contributed by atoms with Crippen LogP contribution in [0.25, 0.3) is 10.9 Å². The molecule has 1 amide bonds. The van der Waals surface area contributed by atoms with Crippen molar-refractivity contribution in [1.29, 1.82) is 0 Å². The zero-order valence-electron chi connectivity index (χ0n) is 13.3. The first-order chi connectivity index (χ1) is 11.6. The number of fused-ring (bicyclic) bond motifs is 1. The van der Waals surface area contributed by atoms with Crippen molar-refractivity contribution in [3.63, 3.8) is 0 Å². The van der Waals surface area contributed by atoms with Gasteiger partial charge < -0.3 is 16.0 Å². The normalized spacial score (nSPS) is 12.2. The molecule has 5 heteroatoms. The van der Waals surface area contributed by atoms with Crippen LogP contribution in [0.4, 0.5) is 0 Å². The fraction of sp³-hybridized carbons (Fsp3) is 0.211. The number of carbonyl (C=O) groups is 1. The van der Waals surface area contributed by atoms with Gasteiger partial charge in [0.1, 0.15) is 0 Å². The molecule has 124 valence electrons. The lowest BCUT2D eigenvalue weighted by molar-refractivity contribution is -0.122. The quantitative estimate of drug-likeness (QED) is 0.645. The van der Waals surface area contributed by atoms with Crippen LogP contribution in [-0.2, 0) is 17.6 Å². The molecule has 0 bridgehead atoms. The van der Waals surface area contributed by atoms with Crippen molar-refractivity contribution < 1.29 is 4.79 Å². The summed E-state index contributed by atoms with van der Waals surface area (Å²) >= 11 is 5.95. The zero-order chi connectivity index (χ0) is 16.9. The second-order valence-electron chi connectivity index (χ2n) is 5.84. The molecule has 0 aliphatic rings. The molecule has 1 aromatic heterocycles. The predicted octanol–water partition coefficient (Wildman–Crippen LogP) is 3.05. The Kier molecular flexibility index (Phi) is 5.18. The number of amides is 1. The summed E-state index contributed by atoms with van der Waals surface area (Å²) in [6, 6.07) is 15.1.